The lowest BCUT2D eigenvalue weighted by atomic mass is 10.2. The van der Waals surface area contributed by atoms with E-state index in [9.17, 15) is 4.79 Å². The van der Waals surface area contributed by atoms with Crippen LogP contribution < -0.4 is 5.32 Å². The number of hydrogen-bond donors (Lipinski definition) is 1. The Morgan fingerprint density at radius 2 is 2.16 bits per heavy atom. The van der Waals surface area contributed by atoms with E-state index in [2.05, 4.69) is 11.4 Å². The van der Waals surface area contributed by atoms with Crippen molar-refractivity contribution in [2.24, 2.45) is 5.92 Å². The third-order valence-corrected chi connectivity index (χ3v) is 3.16. The van der Waals surface area contributed by atoms with Crippen LogP contribution >= 0.6 is 0 Å². The van der Waals surface area contributed by atoms with E-state index in [1.54, 1.807) is 24.3 Å². The van der Waals surface area contributed by atoms with E-state index in [1.165, 1.54) is 12.8 Å². The first-order chi connectivity index (χ1) is 9.29. The smallest absolute Gasteiger partial charge is 0.226 e. The molecule has 2 rings (SSSR count). The molecule has 1 aliphatic rings. The molecule has 0 aromatic heterocycles. The Kier molecular flexibility index (Phi) is 4.93. The average Bonchev–Trinajstić information content (AvgIpc) is 3.23. The van der Waals surface area contributed by atoms with Crippen molar-refractivity contribution < 1.29 is 9.53 Å². The number of nitriles is 1. The van der Waals surface area contributed by atoms with Crippen molar-refractivity contribution >= 4 is 11.6 Å². The maximum Gasteiger partial charge on any atom is 0.226 e. The number of nitrogens with one attached hydrogen (secondary N) is 1. The minimum atomic E-state index is -0.117. The second kappa shape index (κ2) is 6.91. The molecule has 4 heteroatoms. The first-order valence-corrected chi connectivity index (χ1v) is 6.66. The standard InChI is InChI=1S/C15H18N2O2/c16-11-13-3-1-2-4-14(13)17-15(18)8-10-19-9-7-12-5-6-12/h1-4,12H,5-10H2,(H,17,18). The van der Waals surface area contributed by atoms with Gasteiger partial charge in [-0.1, -0.05) is 25.0 Å². The molecule has 0 atom stereocenters. The largest absolute Gasteiger partial charge is 0.381 e. The SMILES string of the molecule is N#Cc1ccccc1NC(=O)CCOCCC1CC1. The third-order valence-electron chi connectivity index (χ3n) is 3.16. The molecular formula is C15H18N2O2. The molecule has 1 N–H and O–H groups in total. The van der Waals surface area contributed by atoms with Crippen molar-refractivity contribution in [1.29, 1.82) is 5.26 Å². The Morgan fingerprint density at radius 3 is 2.89 bits per heavy atom. The van der Waals surface area contributed by atoms with Gasteiger partial charge in [0.05, 0.1) is 24.3 Å². The van der Waals surface area contributed by atoms with Crippen LogP contribution in [0.1, 0.15) is 31.2 Å². The number of ether oxygens (including phenoxy) is 1. The maximum absolute atomic E-state index is 11.7. The van der Waals surface area contributed by atoms with E-state index in [-0.39, 0.29) is 5.91 Å². The number of amides is 1. The normalized spacial score (nSPS) is 13.8. The summed E-state index contributed by atoms with van der Waals surface area (Å²) in [5, 5.41) is 11.6. The number of hydrogen-bond acceptors (Lipinski definition) is 3. The number of carbonyl (C=O) groups excluding carboxylic acids is 1. The Morgan fingerprint density at radius 1 is 1.37 bits per heavy atom. The second-order valence-corrected chi connectivity index (χ2v) is 4.80. The van der Waals surface area contributed by atoms with Crippen molar-refractivity contribution in [3.05, 3.63) is 29.8 Å². The van der Waals surface area contributed by atoms with Gasteiger partial charge >= 0.3 is 0 Å². The predicted molar refractivity (Wildman–Crippen MR) is 72.6 cm³/mol. The second-order valence-electron chi connectivity index (χ2n) is 4.80. The first kappa shape index (κ1) is 13.6. The summed E-state index contributed by atoms with van der Waals surface area (Å²) in [4.78, 5) is 11.7. The van der Waals surface area contributed by atoms with Gasteiger partial charge in [0.25, 0.3) is 0 Å². The fourth-order valence-electron chi connectivity index (χ4n) is 1.83. The Balaban J connectivity index is 1.67. The Labute approximate surface area is 113 Å². The lowest BCUT2D eigenvalue weighted by molar-refractivity contribution is -0.117. The molecule has 1 fully saturated rings. The van der Waals surface area contributed by atoms with Gasteiger partial charge in [0.2, 0.25) is 5.91 Å². The molecule has 0 unspecified atom stereocenters. The molecule has 0 radical (unpaired) electrons. The Hall–Kier alpha value is -1.86. The van der Waals surface area contributed by atoms with E-state index in [1.807, 2.05) is 0 Å². The molecule has 0 bridgehead atoms. The summed E-state index contributed by atoms with van der Waals surface area (Å²) in [6.07, 6.45) is 4.09. The van der Waals surface area contributed by atoms with E-state index in [4.69, 9.17) is 10.00 Å². The summed E-state index contributed by atoms with van der Waals surface area (Å²) in [7, 11) is 0. The fourth-order valence-corrected chi connectivity index (χ4v) is 1.83. The third kappa shape index (κ3) is 4.72. The molecule has 19 heavy (non-hydrogen) atoms. The highest BCUT2D eigenvalue weighted by Gasteiger charge is 2.20. The number of anilines is 1. The quantitative estimate of drug-likeness (QED) is 0.765. The highest BCUT2D eigenvalue weighted by atomic mass is 16.5. The minimum absolute atomic E-state index is 0.117. The first-order valence-electron chi connectivity index (χ1n) is 6.66. The summed E-state index contributed by atoms with van der Waals surface area (Å²) in [5.41, 5.74) is 1.04. The number of benzene rings is 1. The maximum atomic E-state index is 11.7. The molecule has 1 aromatic rings. The van der Waals surface area contributed by atoms with Gasteiger partial charge in [0.1, 0.15) is 6.07 Å². The monoisotopic (exact) mass is 258 g/mol. The molecule has 0 saturated heterocycles. The van der Waals surface area contributed by atoms with Crippen LogP contribution in [-0.2, 0) is 9.53 Å². The average molecular weight is 258 g/mol. The van der Waals surface area contributed by atoms with Crippen molar-refractivity contribution in [2.45, 2.75) is 25.7 Å². The molecule has 0 aliphatic heterocycles. The lowest BCUT2D eigenvalue weighted by Crippen LogP contribution is -2.15. The molecule has 1 amide bonds. The molecule has 1 aliphatic carbocycles. The van der Waals surface area contributed by atoms with Gasteiger partial charge in [-0.15, -0.1) is 0 Å². The molecule has 0 spiro atoms. The highest BCUT2D eigenvalue weighted by Crippen LogP contribution is 2.32. The van der Waals surface area contributed by atoms with E-state index in [0.717, 1.165) is 18.9 Å². The Bertz CT molecular complexity index is 475. The van der Waals surface area contributed by atoms with Crippen LogP contribution in [0.15, 0.2) is 24.3 Å². The fraction of sp³-hybridized carbons (Fsp3) is 0.467. The minimum Gasteiger partial charge on any atom is -0.381 e. The van der Waals surface area contributed by atoms with Crippen molar-refractivity contribution in [3.63, 3.8) is 0 Å². The zero-order valence-corrected chi connectivity index (χ0v) is 10.9. The van der Waals surface area contributed by atoms with Gasteiger partial charge in [-0.25, -0.2) is 0 Å². The van der Waals surface area contributed by atoms with Crippen LogP contribution in [0.2, 0.25) is 0 Å². The van der Waals surface area contributed by atoms with Crippen LogP contribution in [0.5, 0.6) is 0 Å². The van der Waals surface area contributed by atoms with E-state index in [0.29, 0.717) is 24.3 Å². The zero-order valence-electron chi connectivity index (χ0n) is 10.9. The van der Waals surface area contributed by atoms with Gasteiger partial charge in [0, 0.05) is 6.61 Å². The van der Waals surface area contributed by atoms with Crippen LogP contribution in [0.4, 0.5) is 5.69 Å². The van der Waals surface area contributed by atoms with Gasteiger partial charge in [-0.05, 0) is 24.5 Å². The lowest BCUT2D eigenvalue weighted by Gasteiger charge is -2.07. The molecule has 0 heterocycles. The summed E-state index contributed by atoms with van der Waals surface area (Å²) in [6.45, 7) is 1.18. The van der Waals surface area contributed by atoms with Crippen LogP contribution in [0.3, 0.4) is 0 Å². The summed E-state index contributed by atoms with van der Waals surface area (Å²) in [6, 6.07) is 9.03. The van der Waals surface area contributed by atoms with Gasteiger partial charge in [-0.3, -0.25) is 4.79 Å². The molecule has 1 saturated carbocycles. The van der Waals surface area contributed by atoms with Crippen molar-refractivity contribution in [3.8, 4) is 6.07 Å². The van der Waals surface area contributed by atoms with Gasteiger partial charge in [0.15, 0.2) is 0 Å². The topological polar surface area (TPSA) is 62.1 Å². The molecule has 100 valence electrons. The summed E-state index contributed by atoms with van der Waals surface area (Å²) >= 11 is 0. The number of carbonyl (C=O) groups is 1. The molecule has 1 aromatic carbocycles. The number of para-hydroxylation sites is 1. The summed E-state index contributed by atoms with van der Waals surface area (Å²) < 4.78 is 5.42. The van der Waals surface area contributed by atoms with Crippen LogP contribution in [0.25, 0.3) is 0 Å². The molecule has 4 nitrogen and oxygen atoms in total. The summed E-state index contributed by atoms with van der Waals surface area (Å²) in [5.74, 6) is 0.741. The molecular weight excluding hydrogens is 240 g/mol. The van der Waals surface area contributed by atoms with Gasteiger partial charge in [-0.2, -0.15) is 5.26 Å². The number of rotatable bonds is 7. The van der Waals surface area contributed by atoms with Crippen molar-refractivity contribution in [2.75, 3.05) is 18.5 Å². The van der Waals surface area contributed by atoms with E-state index >= 15 is 0 Å². The van der Waals surface area contributed by atoms with Crippen LogP contribution in [-0.4, -0.2) is 19.1 Å². The van der Waals surface area contributed by atoms with Crippen molar-refractivity contribution in [1.82, 2.24) is 0 Å². The highest BCUT2D eigenvalue weighted by molar-refractivity contribution is 5.92. The van der Waals surface area contributed by atoms with Crippen LogP contribution in [0, 0.1) is 17.2 Å². The zero-order chi connectivity index (χ0) is 13.5. The predicted octanol–water partition coefficient (Wildman–Crippen LogP) is 2.70. The van der Waals surface area contributed by atoms with E-state index < -0.39 is 0 Å². The number of nitrogens with zero attached hydrogens (tertiary/aromatic N) is 1. The van der Waals surface area contributed by atoms with Gasteiger partial charge < -0.3 is 10.1 Å².